The lowest BCUT2D eigenvalue weighted by Crippen LogP contribution is -2.06. The molecule has 0 amide bonds. The van der Waals surface area contributed by atoms with Crippen LogP contribution in [0.5, 0.6) is 5.75 Å². The number of pyridine rings is 1. The van der Waals surface area contributed by atoms with Crippen LogP contribution in [0.2, 0.25) is 0 Å². The van der Waals surface area contributed by atoms with Crippen LogP contribution in [-0.2, 0) is 4.74 Å². The Hall–Kier alpha value is -1.10. The molecule has 0 bridgehead atoms. The molecule has 0 atom stereocenters. The van der Waals surface area contributed by atoms with Gasteiger partial charge in [0, 0.05) is 10.7 Å². The van der Waals surface area contributed by atoms with Crippen molar-refractivity contribution in [1.29, 1.82) is 0 Å². The molecule has 0 spiro atoms. The van der Waals surface area contributed by atoms with Gasteiger partial charge < -0.3 is 9.47 Å². The molecule has 1 aromatic rings. The summed E-state index contributed by atoms with van der Waals surface area (Å²) in [7, 11) is 2.77. The Balaban J connectivity index is 3.13. The topological polar surface area (TPSA) is 48.4 Å². The van der Waals surface area contributed by atoms with Gasteiger partial charge in [-0.1, -0.05) is 0 Å². The van der Waals surface area contributed by atoms with E-state index < -0.39 is 5.97 Å². The molecule has 1 rings (SSSR count). The number of hydrogen-bond acceptors (Lipinski definition) is 4. The molecule has 0 aromatic carbocycles. The summed E-state index contributed by atoms with van der Waals surface area (Å²) in [5, 5.41) is 0. The predicted molar refractivity (Wildman–Crippen MR) is 49.8 cm³/mol. The van der Waals surface area contributed by atoms with Crippen molar-refractivity contribution in [3.63, 3.8) is 0 Å². The molecule has 0 aliphatic heterocycles. The number of rotatable bonds is 2. The van der Waals surface area contributed by atoms with Crippen LogP contribution in [0, 0.1) is 0 Å². The number of carbonyl (C=O) groups excluding carboxylic acids is 1. The van der Waals surface area contributed by atoms with Gasteiger partial charge in [0.05, 0.1) is 14.2 Å². The summed E-state index contributed by atoms with van der Waals surface area (Å²) < 4.78 is 10.2. The van der Waals surface area contributed by atoms with Gasteiger partial charge in [-0.15, -0.1) is 0 Å². The second-order valence-corrected chi connectivity index (χ2v) is 3.11. The van der Waals surface area contributed by atoms with Gasteiger partial charge in [0.25, 0.3) is 0 Å². The average Bonchev–Trinajstić information content (AvgIpc) is 2.16. The Morgan fingerprint density at radius 1 is 1.54 bits per heavy atom. The van der Waals surface area contributed by atoms with Crippen LogP contribution in [0.15, 0.2) is 16.7 Å². The van der Waals surface area contributed by atoms with Gasteiger partial charge in [0.15, 0.2) is 11.4 Å². The molecule has 70 valence electrons. The normalized spacial score (nSPS) is 9.46. The summed E-state index contributed by atoms with van der Waals surface area (Å²) in [6, 6.07) is 1.65. The first-order chi connectivity index (χ1) is 6.19. The van der Waals surface area contributed by atoms with E-state index in [0.717, 1.165) is 4.47 Å². The van der Waals surface area contributed by atoms with Crippen LogP contribution in [0.25, 0.3) is 0 Å². The molecule has 4 nitrogen and oxygen atoms in total. The third kappa shape index (κ3) is 2.18. The maximum absolute atomic E-state index is 11.1. The zero-order chi connectivity index (χ0) is 9.84. The van der Waals surface area contributed by atoms with E-state index in [-0.39, 0.29) is 5.69 Å². The largest absolute Gasteiger partial charge is 0.494 e. The fourth-order valence-corrected chi connectivity index (χ4v) is 1.14. The molecule has 0 fully saturated rings. The van der Waals surface area contributed by atoms with Gasteiger partial charge >= 0.3 is 5.97 Å². The van der Waals surface area contributed by atoms with Crippen LogP contribution < -0.4 is 4.74 Å². The SMILES string of the molecule is COC(=O)c1ncc(Br)cc1OC. The highest BCUT2D eigenvalue weighted by atomic mass is 79.9. The van der Waals surface area contributed by atoms with Crippen molar-refractivity contribution in [2.75, 3.05) is 14.2 Å². The van der Waals surface area contributed by atoms with Crippen LogP contribution in [0.4, 0.5) is 0 Å². The maximum atomic E-state index is 11.1. The molecule has 1 heterocycles. The second-order valence-electron chi connectivity index (χ2n) is 2.20. The van der Waals surface area contributed by atoms with E-state index in [1.165, 1.54) is 20.4 Å². The fraction of sp³-hybridized carbons (Fsp3) is 0.250. The first-order valence-corrected chi connectivity index (χ1v) is 4.26. The number of aromatic nitrogens is 1. The molecule has 5 heteroatoms. The molecule has 0 saturated carbocycles. The molecular weight excluding hydrogens is 238 g/mol. The molecule has 0 saturated heterocycles. The van der Waals surface area contributed by atoms with E-state index in [9.17, 15) is 4.79 Å². The number of ether oxygens (including phenoxy) is 2. The van der Waals surface area contributed by atoms with Gasteiger partial charge in [-0.2, -0.15) is 0 Å². The lowest BCUT2D eigenvalue weighted by atomic mass is 10.3. The zero-order valence-electron chi connectivity index (χ0n) is 7.20. The first-order valence-electron chi connectivity index (χ1n) is 3.47. The quantitative estimate of drug-likeness (QED) is 0.744. The highest BCUT2D eigenvalue weighted by Crippen LogP contribution is 2.21. The van der Waals surface area contributed by atoms with Crippen LogP contribution in [0.1, 0.15) is 10.5 Å². The minimum absolute atomic E-state index is 0.174. The smallest absolute Gasteiger partial charge is 0.360 e. The number of nitrogens with zero attached hydrogens (tertiary/aromatic N) is 1. The number of halogens is 1. The van der Waals surface area contributed by atoms with Crippen molar-refractivity contribution in [2.45, 2.75) is 0 Å². The maximum Gasteiger partial charge on any atom is 0.360 e. The van der Waals surface area contributed by atoms with Gasteiger partial charge in [-0.3, -0.25) is 0 Å². The number of esters is 1. The van der Waals surface area contributed by atoms with Gasteiger partial charge in [-0.25, -0.2) is 9.78 Å². The number of carbonyl (C=O) groups is 1. The third-order valence-corrected chi connectivity index (χ3v) is 1.85. The van der Waals surface area contributed by atoms with E-state index in [1.54, 1.807) is 6.07 Å². The van der Waals surface area contributed by atoms with Crippen LogP contribution in [-0.4, -0.2) is 25.2 Å². The molecule has 1 aromatic heterocycles. The highest BCUT2D eigenvalue weighted by Gasteiger charge is 2.14. The summed E-state index contributed by atoms with van der Waals surface area (Å²) in [6.45, 7) is 0. The summed E-state index contributed by atoms with van der Waals surface area (Å²) in [5.74, 6) is -0.120. The van der Waals surface area contributed by atoms with Crippen molar-refractivity contribution in [3.8, 4) is 5.75 Å². The van der Waals surface area contributed by atoms with E-state index >= 15 is 0 Å². The van der Waals surface area contributed by atoms with Gasteiger partial charge in [0.2, 0.25) is 0 Å². The van der Waals surface area contributed by atoms with Crippen molar-refractivity contribution in [3.05, 3.63) is 22.4 Å². The second kappa shape index (κ2) is 4.23. The molecule has 13 heavy (non-hydrogen) atoms. The standard InChI is InChI=1S/C8H8BrNO3/c1-12-6-3-5(9)4-10-7(6)8(11)13-2/h3-4H,1-2H3. The van der Waals surface area contributed by atoms with E-state index in [2.05, 4.69) is 25.7 Å². The Labute approximate surface area is 84.0 Å². The number of hydrogen-bond donors (Lipinski definition) is 0. The van der Waals surface area contributed by atoms with Gasteiger partial charge in [-0.05, 0) is 22.0 Å². The monoisotopic (exact) mass is 245 g/mol. The third-order valence-electron chi connectivity index (χ3n) is 1.42. The summed E-state index contributed by atoms with van der Waals surface area (Å²) in [4.78, 5) is 15.0. The molecule has 0 radical (unpaired) electrons. The minimum atomic E-state index is -0.510. The summed E-state index contributed by atoms with van der Waals surface area (Å²) >= 11 is 3.21. The van der Waals surface area contributed by atoms with Crippen LogP contribution >= 0.6 is 15.9 Å². The van der Waals surface area contributed by atoms with Crippen LogP contribution in [0.3, 0.4) is 0 Å². The Kier molecular flexibility index (Phi) is 3.25. The van der Waals surface area contributed by atoms with Crippen molar-refractivity contribution in [1.82, 2.24) is 4.98 Å². The lowest BCUT2D eigenvalue weighted by molar-refractivity contribution is 0.0590. The van der Waals surface area contributed by atoms with E-state index in [1.807, 2.05) is 0 Å². The summed E-state index contributed by atoms with van der Waals surface area (Å²) in [5.41, 5.74) is 0.174. The first kappa shape index (κ1) is 9.98. The Morgan fingerprint density at radius 3 is 2.77 bits per heavy atom. The Bertz CT molecular complexity index is 327. The molecular formula is C8H8BrNO3. The molecule has 0 aliphatic rings. The minimum Gasteiger partial charge on any atom is -0.494 e. The fourth-order valence-electron chi connectivity index (χ4n) is 0.826. The average molecular weight is 246 g/mol. The molecule has 0 N–H and O–H groups in total. The van der Waals surface area contributed by atoms with Crippen molar-refractivity contribution in [2.24, 2.45) is 0 Å². The highest BCUT2D eigenvalue weighted by molar-refractivity contribution is 9.10. The van der Waals surface area contributed by atoms with E-state index in [4.69, 9.17) is 4.74 Å². The summed E-state index contributed by atoms with van der Waals surface area (Å²) in [6.07, 6.45) is 1.51. The number of methoxy groups -OCH3 is 2. The predicted octanol–water partition coefficient (Wildman–Crippen LogP) is 1.64. The lowest BCUT2D eigenvalue weighted by Gasteiger charge is -2.05. The van der Waals surface area contributed by atoms with Crippen molar-refractivity contribution >= 4 is 21.9 Å². The van der Waals surface area contributed by atoms with E-state index in [0.29, 0.717) is 5.75 Å². The molecule has 0 aliphatic carbocycles. The van der Waals surface area contributed by atoms with Crippen molar-refractivity contribution < 1.29 is 14.3 Å². The zero-order valence-corrected chi connectivity index (χ0v) is 8.79. The van der Waals surface area contributed by atoms with Gasteiger partial charge in [0.1, 0.15) is 0 Å². The Morgan fingerprint density at radius 2 is 2.23 bits per heavy atom. The molecule has 0 unspecified atom stereocenters.